The molecule has 0 saturated heterocycles. The van der Waals surface area contributed by atoms with Crippen LogP contribution in [0.4, 0.5) is 17.3 Å². The molecule has 0 spiro atoms. The zero-order chi connectivity index (χ0) is 24.3. The maximum atomic E-state index is 4.61. The van der Waals surface area contributed by atoms with Gasteiger partial charge in [-0.3, -0.25) is 15.1 Å². The van der Waals surface area contributed by atoms with Crippen molar-refractivity contribution in [3.05, 3.63) is 115 Å². The van der Waals surface area contributed by atoms with E-state index in [2.05, 4.69) is 104 Å². The molecule has 0 saturated carbocycles. The minimum Gasteiger partial charge on any atom is -0.279 e. The topological polar surface area (TPSA) is 60.6 Å². The van der Waals surface area contributed by atoms with Gasteiger partial charge in [0.2, 0.25) is 0 Å². The minimum absolute atomic E-state index is 0.898. The molecule has 2 N–H and O–H groups in total. The third-order valence-corrected chi connectivity index (χ3v) is 7.32. The molecule has 6 aromatic carbocycles. The van der Waals surface area contributed by atoms with Gasteiger partial charge in [0, 0.05) is 16.5 Å². The van der Waals surface area contributed by atoms with Gasteiger partial charge in [0.05, 0.1) is 11.0 Å². The van der Waals surface area contributed by atoms with Crippen LogP contribution in [0.1, 0.15) is 0 Å². The smallest absolute Gasteiger partial charge is 0.142 e. The van der Waals surface area contributed by atoms with E-state index in [-0.39, 0.29) is 0 Å². The second-order valence-corrected chi connectivity index (χ2v) is 9.34. The number of H-pyrrole nitrogens is 2. The van der Waals surface area contributed by atoms with E-state index < -0.39 is 0 Å². The molecular weight excluding hydrogens is 454 g/mol. The van der Waals surface area contributed by atoms with Crippen LogP contribution in [0.3, 0.4) is 0 Å². The lowest BCUT2D eigenvalue weighted by Crippen LogP contribution is -2.11. The summed E-state index contributed by atoms with van der Waals surface area (Å²) in [5, 5.41) is 25.4. The summed E-state index contributed by atoms with van der Waals surface area (Å²) in [5.74, 6) is 1.80. The summed E-state index contributed by atoms with van der Waals surface area (Å²) in [6.07, 6.45) is 0. The number of hydrogen-bond acceptors (Lipinski definition) is 3. The molecule has 2 aromatic heterocycles. The van der Waals surface area contributed by atoms with Gasteiger partial charge in [0.1, 0.15) is 11.6 Å². The highest BCUT2D eigenvalue weighted by Crippen LogP contribution is 2.42. The van der Waals surface area contributed by atoms with E-state index in [1.54, 1.807) is 0 Å². The predicted molar refractivity (Wildman–Crippen MR) is 153 cm³/mol. The Morgan fingerprint density at radius 1 is 0.405 bits per heavy atom. The highest BCUT2D eigenvalue weighted by Gasteiger charge is 2.22. The van der Waals surface area contributed by atoms with Crippen LogP contribution in [0.5, 0.6) is 0 Å². The van der Waals surface area contributed by atoms with E-state index >= 15 is 0 Å². The number of anilines is 3. The molecule has 0 bridgehead atoms. The van der Waals surface area contributed by atoms with Gasteiger partial charge in [-0.25, -0.2) is 0 Å². The van der Waals surface area contributed by atoms with Crippen molar-refractivity contribution in [2.75, 3.05) is 4.90 Å². The highest BCUT2D eigenvalue weighted by molar-refractivity contribution is 6.25. The third-order valence-electron chi connectivity index (χ3n) is 7.32. The first-order valence-corrected chi connectivity index (χ1v) is 12.4. The maximum Gasteiger partial charge on any atom is 0.142 e. The van der Waals surface area contributed by atoms with Crippen molar-refractivity contribution in [2.45, 2.75) is 0 Å². The van der Waals surface area contributed by atoms with Crippen LogP contribution in [0.2, 0.25) is 0 Å². The highest BCUT2D eigenvalue weighted by atomic mass is 15.3. The molecule has 0 aliphatic carbocycles. The number of nitrogens with zero attached hydrogens (tertiary/aromatic N) is 3. The van der Waals surface area contributed by atoms with Crippen LogP contribution >= 0.6 is 0 Å². The molecule has 8 aromatic rings. The summed E-state index contributed by atoms with van der Waals surface area (Å²) < 4.78 is 0. The van der Waals surface area contributed by atoms with Crippen LogP contribution in [-0.2, 0) is 0 Å². The molecule has 0 unspecified atom stereocenters. The summed E-state index contributed by atoms with van der Waals surface area (Å²) in [6, 6.07) is 40.4. The van der Waals surface area contributed by atoms with Crippen molar-refractivity contribution >= 4 is 71.4 Å². The second-order valence-electron chi connectivity index (χ2n) is 9.34. The molecular formula is C32H21N5. The molecule has 0 fully saturated rings. The largest absolute Gasteiger partial charge is 0.279 e. The van der Waals surface area contributed by atoms with E-state index in [0.717, 1.165) is 39.1 Å². The van der Waals surface area contributed by atoms with Gasteiger partial charge in [0.25, 0.3) is 0 Å². The van der Waals surface area contributed by atoms with Crippen LogP contribution < -0.4 is 4.90 Å². The van der Waals surface area contributed by atoms with E-state index in [1.807, 2.05) is 36.4 Å². The normalized spacial score (nSPS) is 11.8. The van der Waals surface area contributed by atoms with Gasteiger partial charge < -0.3 is 0 Å². The second kappa shape index (κ2) is 7.67. The Morgan fingerprint density at radius 2 is 0.811 bits per heavy atom. The fraction of sp³-hybridized carbons (Fsp3) is 0. The van der Waals surface area contributed by atoms with Crippen molar-refractivity contribution in [1.29, 1.82) is 0 Å². The Labute approximate surface area is 212 Å². The first kappa shape index (κ1) is 20.1. The Balaban J connectivity index is 1.47. The van der Waals surface area contributed by atoms with Crippen molar-refractivity contribution in [2.24, 2.45) is 0 Å². The Kier molecular flexibility index (Phi) is 4.16. The van der Waals surface area contributed by atoms with E-state index in [9.17, 15) is 0 Å². The van der Waals surface area contributed by atoms with Crippen molar-refractivity contribution in [3.8, 4) is 0 Å². The van der Waals surface area contributed by atoms with E-state index in [4.69, 9.17) is 0 Å². The molecule has 5 nitrogen and oxygen atoms in total. The molecule has 0 amide bonds. The minimum atomic E-state index is 0.898. The van der Waals surface area contributed by atoms with Crippen LogP contribution in [-0.4, -0.2) is 20.4 Å². The molecule has 8 rings (SSSR count). The number of hydrogen-bond donors (Lipinski definition) is 2. The Bertz CT molecular complexity index is 2010. The lowest BCUT2D eigenvalue weighted by Gasteiger charge is -2.23. The zero-order valence-electron chi connectivity index (χ0n) is 19.8. The summed E-state index contributed by atoms with van der Waals surface area (Å²) in [6.45, 7) is 0. The molecule has 0 radical (unpaired) electrons. The first-order valence-electron chi connectivity index (χ1n) is 12.4. The molecule has 0 aliphatic heterocycles. The fourth-order valence-electron chi connectivity index (χ4n) is 5.64. The lowest BCUT2D eigenvalue weighted by atomic mass is 9.94. The lowest BCUT2D eigenvalue weighted by molar-refractivity contribution is 1.04. The van der Waals surface area contributed by atoms with Crippen molar-refractivity contribution < 1.29 is 0 Å². The standard InChI is InChI=1S/C32H21N5/c1-2-11-23-21(9-1)22-10-3-4-12-24(22)28-19-20(17-18-25(23)28)37(31-26-13-5-7-15-29(26)33-35-31)32-27-14-6-8-16-30(27)34-36-32/h1-19H,(H,33,35)(H,34,36). The summed E-state index contributed by atoms with van der Waals surface area (Å²) in [5.41, 5.74) is 2.86. The van der Waals surface area contributed by atoms with Gasteiger partial charge in [-0.2, -0.15) is 10.2 Å². The predicted octanol–water partition coefficient (Wildman–Crippen LogP) is 8.37. The van der Waals surface area contributed by atoms with E-state index in [0.29, 0.717) is 0 Å². The van der Waals surface area contributed by atoms with Gasteiger partial charge in [-0.15, -0.1) is 0 Å². The first-order chi connectivity index (χ1) is 18.4. The van der Waals surface area contributed by atoms with Gasteiger partial charge in [0.15, 0.2) is 0 Å². The van der Waals surface area contributed by atoms with Gasteiger partial charge in [-0.1, -0.05) is 78.9 Å². The summed E-state index contributed by atoms with van der Waals surface area (Å²) in [7, 11) is 0. The van der Waals surface area contributed by atoms with Crippen molar-refractivity contribution in [3.63, 3.8) is 0 Å². The number of aromatic nitrogens is 4. The average molecular weight is 476 g/mol. The fourth-order valence-corrected chi connectivity index (χ4v) is 5.64. The molecule has 5 heteroatoms. The molecule has 0 aliphatic rings. The quantitative estimate of drug-likeness (QED) is 0.252. The third kappa shape index (κ3) is 2.91. The summed E-state index contributed by atoms with van der Waals surface area (Å²) >= 11 is 0. The maximum absolute atomic E-state index is 4.61. The molecule has 0 atom stereocenters. The number of para-hydroxylation sites is 2. The Hall–Kier alpha value is -5.16. The Morgan fingerprint density at radius 3 is 1.32 bits per heavy atom. The zero-order valence-corrected chi connectivity index (χ0v) is 19.8. The number of rotatable bonds is 3. The van der Waals surface area contributed by atoms with Gasteiger partial charge in [-0.05, 0) is 68.7 Å². The van der Waals surface area contributed by atoms with Crippen LogP contribution in [0.25, 0.3) is 54.1 Å². The molecule has 174 valence electrons. The molecule has 2 heterocycles. The SMILES string of the molecule is c1ccc2c(N(c3ccc4c5ccccc5c5ccccc5c4c3)c3[nH]nc4ccccc34)[nH]nc2c1. The average Bonchev–Trinajstić information content (AvgIpc) is 3.59. The summed E-state index contributed by atoms with van der Waals surface area (Å²) in [4.78, 5) is 2.20. The van der Waals surface area contributed by atoms with Crippen molar-refractivity contribution in [1.82, 2.24) is 20.4 Å². The number of aromatic amines is 2. The van der Waals surface area contributed by atoms with Gasteiger partial charge >= 0.3 is 0 Å². The number of benzene rings is 6. The monoisotopic (exact) mass is 475 g/mol. The van der Waals surface area contributed by atoms with Crippen LogP contribution in [0, 0.1) is 0 Å². The number of nitrogens with one attached hydrogen (secondary N) is 2. The van der Waals surface area contributed by atoms with Crippen LogP contribution in [0.15, 0.2) is 115 Å². The number of fused-ring (bicyclic) bond motifs is 8. The van der Waals surface area contributed by atoms with E-state index in [1.165, 1.54) is 32.3 Å². The molecule has 37 heavy (non-hydrogen) atoms.